The van der Waals surface area contributed by atoms with Crippen LogP contribution in [0.1, 0.15) is 0 Å². The summed E-state index contributed by atoms with van der Waals surface area (Å²) in [7, 11) is 3.29. The fraction of sp³-hybridized carbons (Fsp3) is 0.400. The summed E-state index contributed by atoms with van der Waals surface area (Å²) in [6.45, 7) is 1.18. The Morgan fingerprint density at radius 1 is 0.923 bits per heavy atom. The molecule has 0 saturated carbocycles. The number of ether oxygens (including phenoxy) is 3. The van der Waals surface area contributed by atoms with Gasteiger partial charge in [-0.05, 0) is 24.3 Å². The zero-order valence-corrected chi connectivity index (χ0v) is 7.95. The molecule has 0 amide bonds. The summed E-state index contributed by atoms with van der Waals surface area (Å²) in [6.07, 6.45) is 0. The van der Waals surface area contributed by atoms with E-state index in [0.29, 0.717) is 13.2 Å². The Morgan fingerprint density at radius 2 is 1.54 bits per heavy atom. The maximum Gasteiger partial charge on any atom is 0.119 e. The van der Waals surface area contributed by atoms with Gasteiger partial charge < -0.3 is 14.2 Å². The maximum absolute atomic E-state index is 5.37. The molecule has 0 unspecified atom stereocenters. The molecule has 0 atom stereocenters. The highest BCUT2D eigenvalue weighted by Crippen LogP contribution is 2.16. The molecule has 72 valence electrons. The van der Waals surface area contributed by atoms with Crippen molar-refractivity contribution in [3.05, 3.63) is 24.3 Å². The molecule has 1 rings (SSSR count). The highest BCUT2D eigenvalue weighted by Gasteiger charge is 1.93. The van der Waals surface area contributed by atoms with Gasteiger partial charge in [0.25, 0.3) is 0 Å². The first-order valence-corrected chi connectivity index (χ1v) is 4.12. The molecular weight excluding hydrogens is 168 g/mol. The SMILES string of the molecule is COCCOc1ccc(OC)cc1. The first kappa shape index (κ1) is 9.86. The minimum absolute atomic E-state index is 0.572. The summed E-state index contributed by atoms with van der Waals surface area (Å²) >= 11 is 0. The third kappa shape index (κ3) is 3.34. The van der Waals surface area contributed by atoms with Gasteiger partial charge in [-0.25, -0.2) is 0 Å². The number of methoxy groups -OCH3 is 2. The highest BCUT2D eigenvalue weighted by atomic mass is 16.5. The lowest BCUT2D eigenvalue weighted by Crippen LogP contribution is -2.03. The number of benzene rings is 1. The van der Waals surface area contributed by atoms with Crippen LogP contribution in [-0.4, -0.2) is 27.4 Å². The van der Waals surface area contributed by atoms with Crippen molar-refractivity contribution in [2.24, 2.45) is 0 Å². The second-order valence-corrected chi connectivity index (χ2v) is 2.52. The van der Waals surface area contributed by atoms with Crippen LogP contribution in [0.2, 0.25) is 0 Å². The Hall–Kier alpha value is -1.22. The van der Waals surface area contributed by atoms with E-state index in [2.05, 4.69) is 0 Å². The second-order valence-electron chi connectivity index (χ2n) is 2.52. The van der Waals surface area contributed by atoms with Crippen LogP contribution in [0, 0.1) is 0 Å². The molecule has 0 fully saturated rings. The lowest BCUT2D eigenvalue weighted by molar-refractivity contribution is 0.146. The van der Waals surface area contributed by atoms with Crippen LogP contribution in [0.3, 0.4) is 0 Å². The van der Waals surface area contributed by atoms with E-state index in [1.54, 1.807) is 14.2 Å². The van der Waals surface area contributed by atoms with Crippen LogP contribution in [0.25, 0.3) is 0 Å². The van der Waals surface area contributed by atoms with E-state index < -0.39 is 0 Å². The molecule has 0 aromatic heterocycles. The van der Waals surface area contributed by atoms with Crippen molar-refractivity contribution in [3.63, 3.8) is 0 Å². The maximum atomic E-state index is 5.37. The molecule has 0 bridgehead atoms. The van der Waals surface area contributed by atoms with E-state index in [1.165, 1.54) is 0 Å². The fourth-order valence-corrected chi connectivity index (χ4v) is 0.915. The predicted molar refractivity (Wildman–Crippen MR) is 50.4 cm³/mol. The monoisotopic (exact) mass is 182 g/mol. The molecule has 1 aromatic carbocycles. The normalized spacial score (nSPS) is 9.69. The molecule has 0 aliphatic rings. The lowest BCUT2D eigenvalue weighted by atomic mass is 10.3. The Balaban J connectivity index is 2.40. The third-order valence-corrected chi connectivity index (χ3v) is 1.62. The minimum atomic E-state index is 0.572. The highest BCUT2D eigenvalue weighted by molar-refractivity contribution is 5.30. The summed E-state index contributed by atoms with van der Waals surface area (Å²) in [4.78, 5) is 0. The summed E-state index contributed by atoms with van der Waals surface area (Å²) in [5.74, 6) is 1.66. The quantitative estimate of drug-likeness (QED) is 0.649. The molecule has 0 radical (unpaired) electrons. The number of hydrogen-bond acceptors (Lipinski definition) is 3. The minimum Gasteiger partial charge on any atom is -0.497 e. The van der Waals surface area contributed by atoms with E-state index in [0.717, 1.165) is 11.5 Å². The van der Waals surface area contributed by atoms with E-state index in [4.69, 9.17) is 14.2 Å². The van der Waals surface area contributed by atoms with Gasteiger partial charge in [-0.1, -0.05) is 0 Å². The van der Waals surface area contributed by atoms with Crippen LogP contribution < -0.4 is 9.47 Å². The van der Waals surface area contributed by atoms with Gasteiger partial charge in [0.1, 0.15) is 18.1 Å². The van der Waals surface area contributed by atoms with E-state index in [1.807, 2.05) is 24.3 Å². The Morgan fingerprint density at radius 3 is 2.08 bits per heavy atom. The van der Waals surface area contributed by atoms with Crippen LogP contribution in [0.15, 0.2) is 24.3 Å². The summed E-state index contributed by atoms with van der Waals surface area (Å²) in [6, 6.07) is 7.47. The van der Waals surface area contributed by atoms with Crippen molar-refractivity contribution in [3.8, 4) is 11.5 Å². The van der Waals surface area contributed by atoms with Gasteiger partial charge in [-0.3, -0.25) is 0 Å². The van der Waals surface area contributed by atoms with Crippen molar-refractivity contribution in [2.75, 3.05) is 27.4 Å². The summed E-state index contributed by atoms with van der Waals surface area (Å²) in [5, 5.41) is 0. The number of hydrogen-bond donors (Lipinski definition) is 0. The molecule has 3 heteroatoms. The van der Waals surface area contributed by atoms with Gasteiger partial charge in [0.15, 0.2) is 0 Å². The molecule has 0 aliphatic carbocycles. The molecular formula is C10H14O3. The molecule has 0 N–H and O–H groups in total. The lowest BCUT2D eigenvalue weighted by Gasteiger charge is -2.05. The van der Waals surface area contributed by atoms with Gasteiger partial charge in [0.05, 0.1) is 13.7 Å². The van der Waals surface area contributed by atoms with Crippen LogP contribution in [-0.2, 0) is 4.74 Å². The molecule has 0 aliphatic heterocycles. The first-order valence-electron chi connectivity index (χ1n) is 4.12. The number of rotatable bonds is 5. The smallest absolute Gasteiger partial charge is 0.119 e. The largest absolute Gasteiger partial charge is 0.497 e. The second kappa shape index (κ2) is 5.43. The van der Waals surface area contributed by atoms with Crippen molar-refractivity contribution in [1.82, 2.24) is 0 Å². The zero-order valence-electron chi connectivity index (χ0n) is 7.95. The summed E-state index contributed by atoms with van der Waals surface area (Å²) < 4.78 is 15.2. The Bertz CT molecular complexity index is 230. The summed E-state index contributed by atoms with van der Waals surface area (Å²) in [5.41, 5.74) is 0. The molecule has 1 aromatic rings. The predicted octanol–water partition coefficient (Wildman–Crippen LogP) is 1.72. The fourth-order valence-electron chi connectivity index (χ4n) is 0.915. The van der Waals surface area contributed by atoms with Gasteiger partial charge in [0, 0.05) is 7.11 Å². The van der Waals surface area contributed by atoms with E-state index in [9.17, 15) is 0 Å². The van der Waals surface area contributed by atoms with Crippen LogP contribution in [0.4, 0.5) is 0 Å². The van der Waals surface area contributed by atoms with E-state index in [-0.39, 0.29) is 0 Å². The Labute approximate surface area is 78.2 Å². The van der Waals surface area contributed by atoms with Gasteiger partial charge in [-0.15, -0.1) is 0 Å². The molecule has 13 heavy (non-hydrogen) atoms. The zero-order chi connectivity index (χ0) is 9.52. The molecule has 0 saturated heterocycles. The average molecular weight is 182 g/mol. The molecule has 3 nitrogen and oxygen atoms in total. The molecule has 0 heterocycles. The van der Waals surface area contributed by atoms with E-state index >= 15 is 0 Å². The van der Waals surface area contributed by atoms with Crippen molar-refractivity contribution in [1.29, 1.82) is 0 Å². The standard InChI is InChI=1S/C10H14O3/c1-11-7-8-13-10-5-3-9(12-2)4-6-10/h3-6H,7-8H2,1-2H3. The van der Waals surface area contributed by atoms with Gasteiger partial charge in [0.2, 0.25) is 0 Å². The first-order chi connectivity index (χ1) is 6.36. The molecule has 0 spiro atoms. The van der Waals surface area contributed by atoms with Gasteiger partial charge in [-0.2, -0.15) is 0 Å². The van der Waals surface area contributed by atoms with Crippen LogP contribution in [0.5, 0.6) is 11.5 Å². The van der Waals surface area contributed by atoms with Gasteiger partial charge >= 0.3 is 0 Å². The Kier molecular flexibility index (Phi) is 4.12. The van der Waals surface area contributed by atoms with Crippen LogP contribution >= 0.6 is 0 Å². The van der Waals surface area contributed by atoms with Crippen molar-refractivity contribution in [2.45, 2.75) is 0 Å². The topological polar surface area (TPSA) is 27.7 Å². The third-order valence-electron chi connectivity index (χ3n) is 1.62. The average Bonchev–Trinajstić information content (AvgIpc) is 2.19. The van der Waals surface area contributed by atoms with Crippen molar-refractivity contribution < 1.29 is 14.2 Å². The van der Waals surface area contributed by atoms with Crippen molar-refractivity contribution >= 4 is 0 Å².